The van der Waals surface area contributed by atoms with Gasteiger partial charge in [-0.15, -0.1) is 23.4 Å². The van der Waals surface area contributed by atoms with Crippen LogP contribution in [0.3, 0.4) is 0 Å². The molecule has 0 fully saturated rings. The molecular weight excluding hydrogens is 366 g/mol. The summed E-state index contributed by atoms with van der Waals surface area (Å²) in [6, 6.07) is 7.00. The Hall–Kier alpha value is -1.93. The Morgan fingerprint density at radius 1 is 1.24 bits per heavy atom. The summed E-state index contributed by atoms with van der Waals surface area (Å²) in [5, 5.41) is 7.26. The van der Waals surface area contributed by atoms with Gasteiger partial charge < -0.3 is 9.47 Å². The number of amides is 2. The Kier molecular flexibility index (Phi) is 9.79. The zero-order chi connectivity index (χ0) is 18.7. The van der Waals surface area contributed by atoms with Gasteiger partial charge in [0.1, 0.15) is 5.04 Å². The number of anilines is 1. The first-order valence-electron chi connectivity index (χ1n) is 7.64. The molecule has 0 aliphatic heterocycles. The third-order valence-electron chi connectivity index (χ3n) is 2.67. The monoisotopic (exact) mass is 387 g/mol. The fourth-order valence-corrected chi connectivity index (χ4v) is 2.25. The van der Waals surface area contributed by atoms with Gasteiger partial charge in [-0.2, -0.15) is 5.10 Å². The lowest BCUT2D eigenvalue weighted by Gasteiger charge is -2.10. The molecule has 25 heavy (non-hydrogen) atoms. The van der Waals surface area contributed by atoms with Gasteiger partial charge in [0.05, 0.1) is 12.7 Å². The molecule has 138 valence electrons. The highest BCUT2D eigenvalue weighted by atomic mass is 35.5. The van der Waals surface area contributed by atoms with Crippen molar-refractivity contribution in [1.29, 1.82) is 0 Å². The molecule has 0 saturated heterocycles. The summed E-state index contributed by atoms with van der Waals surface area (Å²) in [6.45, 7) is 3.79. The number of alkyl halides is 1. The van der Waals surface area contributed by atoms with Gasteiger partial charge in [-0.05, 0) is 38.7 Å². The van der Waals surface area contributed by atoms with E-state index < -0.39 is 12.2 Å². The van der Waals surface area contributed by atoms with Crippen LogP contribution in [0, 0.1) is 0 Å². The molecule has 2 N–H and O–H groups in total. The molecule has 9 heteroatoms. The molecule has 0 saturated carbocycles. The smallest absolute Gasteiger partial charge is 0.427 e. The normalized spacial score (nSPS) is 11.2. The Labute approximate surface area is 156 Å². The fourth-order valence-electron chi connectivity index (χ4n) is 1.63. The van der Waals surface area contributed by atoms with Crippen molar-refractivity contribution in [2.45, 2.75) is 26.4 Å². The van der Waals surface area contributed by atoms with E-state index in [1.807, 2.05) is 6.26 Å². The second kappa shape index (κ2) is 11.6. The zero-order valence-corrected chi connectivity index (χ0v) is 15.9. The number of benzene rings is 1. The third-order valence-corrected chi connectivity index (χ3v) is 3.66. The van der Waals surface area contributed by atoms with Gasteiger partial charge in [0.2, 0.25) is 0 Å². The van der Waals surface area contributed by atoms with E-state index in [1.54, 1.807) is 38.1 Å². The van der Waals surface area contributed by atoms with Crippen molar-refractivity contribution in [3.63, 3.8) is 0 Å². The van der Waals surface area contributed by atoms with Gasteiger partial charge in [-0.3, -0.25) is 5.32 Å². The lowest BCUT2D eigenvalue weighted by atomic mass is 10.2. The van der Waals surface area contributed by atoms with Gasteiger partial charge in [0.15, 0.2) is 0 Å². The van der Waals surface area contributed by atoms with Gasteiger partial charge >= 0.3 is 12.2 Å². The quantitative estimate of drug-likeness (QED) is 0.242. The first kappa shape index (κ1) is 21.1. The summed E-state index contributed by atoms with van der Waals surface area (Å²) in [7, 11) is 0. The maximum Gasteiger partial charge on any atom is 0.427 e. The molecule has 2 amide bonds. The third kappa shape index (κ3) is 8.64. The van der Waals surface area contributed by atoms with Gasteiger partial charge in [-0.1, -0.05) is 12.1 Å². The first-order chi connectivity index (χ1) is 12.0. The number of ether oxygens (including phenoxy) is 2. The van der Waals surface area contributed by atoms with E-state index in [1.165, 1.54) is 11.8 Å². The lowest BCUT2D eigenvalue weighted by molar-refractivity contribution is 0.130. The number of carbonyl (C=O) groups is 2. The summed E-state index contributed by atoms with van der Waals surface area (Å²) in [6.07, 6.45) is 1.09. The number of nitrogens with one attached hydrogen (secondary N) is 2. The number of hydrazone groups is 1. The van der Waals surface area contributed by atoms with E-state index in [0.717, 1.165) is 5.56 Å². The average Bonchev–Trinajstić information content (AvgIpc) is 2.56. The Balaban J connectivity index is 2.63. The topological polar surface area (TPSA) is 89.0 Å². The van der Waals surface area contributed by atoms with Crippen molar-refractivity contribution >= 4 is 46.3 Å². The van der Waals surface area contributed by atoms with Gasteiger partial charge in [0, 0.05) is 17.1 Å². The predicted molar refractivity (Wildman–Crippen MR) is 102 cm³/mol. The second-order valence-electron chi connectivity index (χ2n) is 5.07. The zero-order valence-electron chi connectivity index (χ0n) is 14.4. The minimum absolute atomic E-state index is 0.190. The van der Waals surface area contributed by atoms with Gasteiger partial charge in [-0.25, -0.2) is 15.0 Å². The van der Waals surface area contributed by atoms with Crippen LogP contribution in [0.5, 0.6) is 0 Å². The van der Waals surface area contributed by atoms with E-state index in [-0.39, 0.29) is 12.7 Å². The Bertz CT molecular complexity index is 594. The fraction of sp³-hybridized carbons (Fsp3) is 0.438. The number of nitrogens with zero attached hydrogens (tertiary/aromatic N) is 1. The molecule has 0 unspecified atom stereocenters. The number of hydrogen-bond acceptors (Lipinski definition) is 6. The molecule has 7 nitrogen and oxygen atoms in total. The molecule has 1 rings (SSSR count). The number of thioether (sulfide) groups is 1. The molecule has 0 aliphatic rings. The average molecular weight is 388 g/mol. The maximum atomic E-state index is 11.6. The molecule has 1 aromatic carbocycles. The molecule has 0 spiro atoms. The van der Waals surface area contributed by atoms with Crippen LogP contribution in [-0.2, 0) is 9.47 Å². The van der Waals surface area contributed by atoms with Crippen molar-refractivity contribution in [2.75, 3.05) is 24.1 Å². The number of rotatable bonds is 7. The molecule has 0 bridgehead atoms. The Morgan fingerprint density at radius 2 is 1.92 bits per heavy atom. The maximum absolute atomic E-state index is 11.6. The van der Waals surface area contributed by atoms with Crippen molar-refractivity contribution in [2.24, 2.45) is 5.10 Å². The molecular formula is C16H22ClN3O4S. The van der Waals surface area contributed by atoms with Crippen molar-refractivity contribution in [1.82, 2.24) is 5.43 Å². The molecule has 0 atom stereocenters. The van der Waals surface area contributed by atoms with Crippen LogP contribution in [0.2, 0.25) is 0 Å². The van der Waals surface area contributed by atoms with Crippen LogP contribution in [0.25, 0.3) is 0 Å². The number of carbonyl (C=O) groups excluding carboxylic acids is 2. The highest BCUT2D eigenvalue weighted by Crippen LogP contribution is 2.15. The molecule has 0 radical (unpaired) electrons. The largest absolute Gasteiger partial charge is 0.448 e. The molecule has 1 aromatic rings. The molecule has 0 aliphatic carbocycles. The number of hydrogen-bond donors (Lipinski definition) is 2. The van der Waals surface area contributed by atoms with E-state index in [0.29, 0.717) is 23.0 Å². The SMILES string of the molecule is CS/C(=N\NC(=O)OCCCCl)c1ccc(NC(=O)OC(C)C)cc1. The van der Waals surface area contributed by atoms with E-state index in [9.17, 15) is 9.59 Å². The predicted octanol–water partition coefficient (Wildman–Crippen LogP) is 4.02. The van der Waals surface area contributed by atoms with Crippen LogP contribution >= 0.6 is 23.4 Å². The minimum Gasteiger partial charge on any atom is -0.448 e. The van der Waals surface area contributed by atoms with Crippen molar-refractivity contribution in [3.05, 3.63) is 29.8 Å². The summed E-state index contributed by atoms with van der Waals surface area (Å²) in [5.41, 5.74) is 3.72. The minimum atomic E-state index is -0.633. The summed E-state index contributed by atoms with van der Waals surface area (Å²) in [5.74, 6) is 0.428. The summed E-state index contributed by atoms with van der Waals surface area (Å²) >= 11 is 6.88. The summed E-state index contributed by atoms with van der Waals surface area (Å²) < 4.78 is 9.91. The standard InChI is InChI=1S/C16H22ClN3O4S/c1-11(2)24-15(21)18-13-7-5-12(6-8-13)14(25-3)19-20-16(22)23-10-4-9-17/h5-8,11H,4,9-10H2,1-3H3,(H,18,21)(H,20,22)/b19-14-. The van der Waals surface area contributed by atoms with E-state index in [4.69, 9.17) is 21.1 Å². The van der Waals surface area contributed by atoms with E-state index >= 15 is 0 Å². The molecule has 0 aromatic heterocycles. The highest BCUT2D eigenvalue weighted by molar-refractivity contribution is 8.13. The second-order valence-corrected chi connectivity index (χ2v) is 6.24. The lowest BCUT2D eigenvalue weighted by Crippen LogP contribution is -2.21. The van der Waals surface area contributed by atoms with Crippen molar-refractivity contribution < 1.29 is 19.1 Å². The number of halogens is 1. The summed E-state index contributed by atoms with van der Waals surface area (Å²) in [4.78, 5) is 23.0. The van der Waals surface area contributed by atoms with Crippen LogP contribution in [-0.4, -0.2) is 42.1 Å². The van der Waals surface area contributed by atoms with Crippen LogP contribution in [0.1, 0.15) is 25.8 Å². The van der Waals surface area contributed by atoms with Crippen LogP contribution in [0.4, 0.5) is 15.3 Å². The Morgan fingerprint density at radius 3 is 2.48 bits per heavy atom. The van der Waals surface area contributed by atoms with Gasteiger partial charge in [0.25, 0.3) is 0 Å². The molecule has 0 heterocycles. The van der Waals surface area contributed by atoms with Crippen molar-refractivity contribution in [3.8, 4) is 0 Å². The van der Waals surface area contributed by atoms with Crippen LogP contribution in [0.15, 0.2) is 29.4 Å². The van der Waals surface area contributed by atoms with Crippen LogP contribution < -0.4 is 10.7 Å². The van der Waals surface area contributed by atoms with E-state index in [2.05, 4.69) is 15.8 Å². The highest BCUT2D eigenvalue weighted by Gasteiger charge is 2.08. The first-order valence-corrected chi connectivity index (χ1v) is 9.40.